The molecule has 0 saturated carbocycles. The normalized spacial score (nSPS) is 18.6. The Morgan fingerprint density at radius 2 is 2.04 bits per heavy atom. The second-order valence-electron chi connectivity index (χ2n) is 4.69. The van der Waals surface area contributed by atoms with E-state index in [-0.39, 0.29) is 27.2 Å². The smallest absolute Gasteiger partial charge is 0.337 e. The first-order chi connectivity index (χ1) is 11.8. The molecule has 2 N–H and O–H groups in total. The van der Waals surface area contributed by atoms with Gasteiger partial charge in [-0.1, -0.05) is 35.0 Å². The number of nitrogens with zero attached hydrogens (tertiary/aromatic N) is 2. The van der Waals surface area contributed by atoms with Gasteiger partial charge in [0.15, 0.2) is 5.17 Å². The number of amides is 1. The Balaban J connectivity index is 2.14. The van der Waals surface area contributed by atoms with Crippen LogP contribution in [-0.4, -0.2) is 46.7 Å². The predicted molar refractivity (Wildman–Crippen MR) is 94.6 cm³/mol. The molecule has 1 unspecified atom stereocenters. The van der Waals surface area contributed by atoms with Crippen molar-refractivity contribution in [2.45, 2.75) is 11.7 Å². The lowest BCUT2D eigenvalue weighted by atomic mass is 10.1. The van der Waals surface area contributed by atoms with E-state index in [1.165, 1.54) is 25.5 Å². The molecule has 0 radical (unpaired) electrons. The second kappa shape index (κ2) is 8.32. The van der Waals surface area contributed by atoms with Crippen molar-refractivity contribution in [3.8, 4) is 0 Å². The first-order valence-electron chi connectivity index (χ1n) is 6.69. The molecule has 0 aromatic heterocycles. The number of carboxylic acids is 1. The van der Waals surface area contributed by atoms with Crippen molar-refractivity contribution in [2.75, 3.05) is 7.11 Å². The van der Waals surface area contributed by atoms with Gasteiger partial charge in [-0.3, -0.25) is 9.59 Å². The van der Waals surface area contributed by atoms with Gasteiger partial charge in [0.05, 0.1) is 35.4 Å². The number of hydrogen-bond donors (Lipinski definition) is 2. The van der Waals surface area contributed by atoms with Crippen LogP contribution in [0.3, 0.4) is 0 Å². The summed E-state index contributed by atoms with van der Waals surface area (Å²) in [4.78, 5) is 33.7. The monoisotopic (exact) mass is 403 g/mol. The molecule has 1 aromatic rings. The molecule has 2 rings (SSSR count). The van der Waals surface area contributed by atoms with Gasteiger partial charge in [0.2, 0.25) is 5.91 Å². The standard InChI is InChI=1S/C14H11Cl2N3O5S/c1-24-13(23)6-2-8(15)7(9(16)3-6)5-17-19-14-18-12(22)10(25-14)4-11(20)21/h2-3,5,10H,4H2,1H3,(H,20,21)(H,18,19,22). The van der Waals surface area contributed by atoms with E-state index in [1.54, 1.807) is 0 Å². The molecule has 132 valence electrons. The minimum absolute atomic E-state index is 0.170. The van der Waals surface area contributed by atoms with Crippen LogP contribution in [0, 0.1) is 0 Å². The highest BCUT2D eigenvalue weighted by molar-refractivity contribution is 8.15. The van der Waals surface area contributed by atoms with Crippen molar-refractivity contribution in [3.63, 3.8) is 0 Å². The molecular weight excluding hydrogens is 393 g/mol. The molecular formula is C14H11Cl2N3O5S. The molecule has 1 fully saturated rings. The maximum atomic E-state index is 11.6. The van der Waals surface area contributed by atoms with Crippen molar-refractivity contribution >= 4 is 64.2 Å². The highest BCUT2D eigenvalue weighted by Crippen LogP contribution is 2.26. The number of ether oxygens (including phenoxy) is 1. The number of aliphatic carboxylic acids is 1. The van der Waals surface area contributed by atoms with Gasteiger partial charge in [-0.15, -0.1) is 5.10 Å². The number of nitrogens with one attached hydrogen (secondary N) is 1. The average molecular weight is 404 g/mol. The quantitative estimate of drug-likeness (QED) is 0.441. The van der Waals surface area contributed by atoms with Crippen LogP contribution in [0.2, 0.25) is 10.0 Å². The number of amidine groups is 1. The van der Waals surface area contributed by atoms with Crippen molar-refractivity contribution in [1.29, 1.82) is 0 Å². The lowest BCUT2D eigenvalue weighted by Crippen LogP contribution is -2.26. The Kier molecular flexibility index (Phi) is 6.40. The van der Waals surface area contributed by atoms with Gasteiger partial charge in [0, 0.05) is 5.56 Å². The fourth-order valence-electron chi connectivity index (χ4n) is 1.83. The van der Waals surface area contributed by atoms with Crippen LogP contribution < -0.4 is 5.32 Å². The number of carbonyl (C=O) groups is 3. The maximum Gasteiger partial charge on any atom is 0.337 e. The largest absolute Gasteiger partial charge is 0.481 e. The third-order valence-electron chi connectivity index (χ3n) is 2.97. The van der Waals surface area contributed by atoms with E-state index < -0.39 is 23.1 Å². The summed E-state index contributed by atoms with van der Waals surface area (Å²) in [5, 5.41) is 18.5. The van der Waals surface area contributed by atoms with Gasteiger partial charge >= 0.3 is 11.9 Å². The van der Waals surface area contributed by atoms with Crippen LogP contribution in [0.5, 0.6) is 0 Å². The lowest BCUT2D eigenvalue weighted by molar-refractivity contribution is -0.138. The lowest BCUT2D eigenvalue weighted by Gasteiger charge is -2.04. The molecule has 8 nitrogen and oxygen atoms in total. The molecule has 1 amide bonds. The van der Waals surface area contributed by atoms with Crippen molar-refractivity contribution in [3.05, 3.63) is 33.3 Å². The molecule has 0 spiro atoms. The first kappa shape index (κ1) is 19.2. The zero-order valence-corrected chi connectivity index (χ0v) is 15.0. The van der Waals surface area contributed by atoms with Crippen molar-refractivity contribution in [1.82, 2.24) is 5.32 Å². The average Bonchev–Trinajstić information content (AvgIpc) is 2.88. The molecule has 1 atom stereocenters. The van der Waals surface area contributed by atoms with Crippen LogP contribution in [0.25, 0.3) is 0 Å². The summed E-state index contributed by atoms with van der Waals surface area (Å²) in [6.07, 6.45) is 0.946. The SMILES string of the molecule is COC(=O)c1cc(Cl)c(C=NN=C2NC(=O)C(CC(=O)O)S2)c(Cl)c1. The third kappa shape index (κ3) is 4.94. The van der Waals surface area contributed by atoms with E-state index in [4.69, 9.17) is 28.3 Å². The molecule has 1 heterocycles. The Bertz CT molecular complexity index is 774. The Morgan fingerprint density at radius 3 is 2.60 bits per heavy atom. The summed E-state index contributed by atoms with van der Waals surface area (Å²) < 4.78 is 4.59. The first-order valence-corrected chi connectivity index (χ1v) is 8.33. The molecule has 25 heavy (non-hydrogen) atoms. The molecule has 1 aliphatic heterocycles. The van der Waals surface area contributed by atoms with E-state index in [0.717, 1.165) is 11.8 Å². The molecule has 1 aliphatic rings. The number of thioether (sulfide) groups is 1. The summed E-state index contributed by atoms with van der Waals surface area (Å²) in [5.74, 6) is -2.11. The highest BCUT2D eigenvalue weighted by atomic mass is 35.5. The molecule has 0 aliphatic carbocycles. The van der Waals surface area contributed by atoms with Crippen LogP contribution >= 0.6 is 35.0 Å². The summed E-state index contributed by atoms with van der Waals surface area (Å²) in [5.41, 5.74) is 0.521. The number of hydrogen-bond acceptors (Lipinski definition) is 7. The predicted octanol–water partition coefficient (Wildman–Crippen LogP) is 2.18. The fraction of sp³-hybridized carbons (Fsp3) is 0.214. The maximum absolute atomic E-state index is 11.6. The summed E-state index contributed by atoms with van der Waals surface area (Å²) in [6.45, 7) is 0. The second-order valence-corrected chi connectivity index (χ2v) is 6.69. The number of rotatable bonds is 5. The number of carboxylic acid groups (broad SMARTS) is 1. The van der Waals surface area contributed by atoms with E-state index in [0.29, 0.717) is 5.56 Å². The van der Waals surface area contributed by atoms with Crippen LogP contribution in [0.1, 0.15) is 22.3 Å². The topological polar surface area (TPSA) is 117 Å². The molecule has 11 heteroatoms. The van der Waals surface area contributed by atoms with Crippen molar-refractivity contribution < 1.29 is 24.2 Å². The van der Waals surface area contributed by atoms with Crippen LogP contribution in [0.4, 0.5) is 0 Å². The van der Waals surface area contributed by atoms with E-state index in [2.05, 4.69) is 20.3 Å². The van der Waals surface area contributed by atoms with E-state index >= 15 is 0 Å². The van der Waals surface area contributed by atoms with Gasteiger partial charge in [-0.25, -0.2) is 4.79 Å². The van der Waals surface area contributed by atoms with Gasteiger partial charge in [-0.05, 0) is 12.1 Å². The molecule has 0 bridgehead atoms. The zero-order chi connectivity index (χ0) is 18.6. The summed E-state index contributed by atoms with van der Waals surface area (Å²) in [7, 11) is 1.24. The number of methoxy groups -OCH3 is 1. The molecule has 1 saturated heterocycles. The van der Waals surface area contributed by atoms with Crippen molar-refractivity contribution in [2.24, 2.45) is 10.2 Å². The Morgan fingerprint density at radius 1 is 1.40 bits per heavy atom. The highest BCUT2D eigenvalue weighted by Gasteiger charge is 2.32. The number of benzene rings is 1. The minimum Gasteiger partial charge on any atom is -0.481 e. The van der Waals surface area contributed by atoms with Gasteiger partial charge < -0.3 is 15.2 Å². The van der Waals surface area contributed by atoms with E-state index in [9.17, 15) is 14.4 Å². The Labute approximate surface area is 156 Å². The zero-order valence-electron chi connectivity index (χ0n) is 12.7. The van der Waals surface area contributed by atoms with Crippen LogP contribution in [0.15, 0.2) is 22.3 Å². The minimum atomic E-state index is -1.08. The van der Waals surface area contributed by atoms with Crippen LogP contribution in [-0.2, 0) is 14.3 Å². The van der Waals surface area contributed by atoms with Gasteiger partial charge in [0.1, 0.15) is 5.25 Å². The van der Waals surface area contributed by atoms with Gasteiger partial charge in [-0.2, -0.15) is 5.10 Å². The molecule has 1 aromatic carbocycles. The Hall–Kier alpha value is -2.10. The fourth-order valence-corrected chi connectivity index (χ4v) is 3.33. The summed E-state index contributed by atoms with van der Waals surface area (Å²) >= 11 is 13.1. The number of halogens is 2. The number of carbonyl (C=O) groups excluding carboxylic acids is 2. The van der Waals surface area contributed by atoms with Gasteiger partial charge in [0.25, 0.3) is 0 Å². The third-order valence-corrected chi connectivity index (χ3v) is 4.67. The van der Waals surface area contributed by atoms with E-state index in [1.807, 2.05) is 0 Å². The number of esters is 1. The summed E-state index contributed by atoms with van der Waals surface area (Å²) in [6, 6.07) is 2.76.